The highest BCUT2D eigenvalue weighted by Crippen LogP contribution is 2.69. The smallest absolute Gasteiger partial charge is 0.246 e. The lowest BCUT2D eigenvalue weighted by Gasteiger charge is -2.59. The minimum absolute atomic E-state index is 0.0232. The van der Waals surface area contributed by atoms with Crippen LogP contribution in [0.5, 0.6) is 0 Å². The molecule has 0 bridgehead atoms. The normalized spacial score (nSPS) is 36.5. The molecule has 5 N–H and O–H groups in total. The third kappa shape index (κ3) is 9.67. The molecule has 5 aliphatic carbocycles. The molecule has 61 heavy (non-hydrogen) atoms. The lowest BCUT2D eigenvalue weighted by Crippen LogP contribution is -2.63. The summed E-state index contributed by atoms with van der Waals surface area (Å²) in [6, 6.07) is -1.76. The fraction of sp³-hybridized carbons (Fsp3) is 0.739. The average Bonchev–Trinajstić information content (AvgIpc) is 3.69. The van der Waals surface area contributed by atoms with Crippen LogP contribution in [-0.4, -0.2) is 115 Å². The third-order valence-electron chi connectivity index (χ3n) is 14.6. The second-order valence-electron chi connectivity index (χ2n) is 18.9. The Hall–Kier alpha value is -3.60. The van der Waals surface area contributed by atoms with E-state index in [2.05, 4.69) is 41.2 Å². The number of carbonyl (C=O) groups is 6. The summed E-state index contributed by atoms with van der Waals surface area (Å²) in [6.45, 7) is 9.89. The number of hydrogen-bond donors (Lipinski definition) is 5. The van der Waals surface area contributed by atoms with E-state index in [4.69, 9.17) is 18.9 Å². The maximum atomic E-state index is 14.5. The summed E-state index contributed by atoms with van der Waals surface area (Å²) in [5, 5.41) is 22.9. The lowest BCUT2D eigenvalue weighted by molar-refractivity contribution is -0.201. The molecule has 0 aromatic carbocycles. The highest BCUT2D eigenvalue weighted by atomic mass is 16.7. The summed E-state index contributed by atoms with van der Waals surface area (Å²) in [7, 11) is 0. The van der Waals surface area contributed by atoms with Crippen molar-refractivity contribution < 1.29 is 52.8 Å². The van der Waals surface area contributed by atoms with Gasteiger partial charge in [0.25, 0.3) is 0 Å². The zero-order chi connectivity index (χ0) is 44.2. The number of aliphatic hydroxyl groups is 1. The number of ketones is 2. The summed E-state index contributed by atoms with van der Waals surface area (Å²) < 4.78 is 24.7. The van der Waals surface area contributed by atoms with Gasteiger partial charge in [0.05, 0.1) is 24.4 Å². The van der Waals surface area contributed by atoms with Crippen LogP contribution in [0.25, 0.3) is 0 Å². The quantitative estimate of drug-likeness (QED) is 0.0583. The van der Waals surface area contributed by atoms with Gasteiger partial charge in [0.1, 0.15) is 37.8 Å². The molecule has 0 spiro atoms. The second kappa shape index (κ2) is 19.4. The number of aldehydes is 1. The predicted molar refractivity (Wildman–Crippen MR) is 224 cm³/mol. The molecule has 338 valence electrons. The topological polar surface area (TPSA) is 208 Å². The van der Waals surface area contributed by atoms with E-state index >= 15 is 0 Å². The van der Waals surface area contributed by atoms with Gasteiger partial charge in [0.15, 0.2) is 23.5 Å². The Morgan fingerprint density at radius 3 is 2.62 bits per heavy atom. The fourth-order valence-corrected chi connectivity index (χ4v) is 11.3. The minimum atomic E-state index is -1.40. The van der Waals surface area contributed by atoms with E-state index in [9.17, 15) is 33.9 Å². The molecular weight excluding hydrogens is 785 g/mol. The number of ether oxygens (including phenoxy) is 4. The van der Waals surface area contributed by atoms with E-state index in [0.29, 0.717) is 25.5 Å². The van der Waals surface area contributed by atoms with Crippen molar-refractivity contribution in [1.82, 2.24) is 21.3 Å². The van der Waals surface area contributed by atoms with Crippen molar-refractivity contribution in [2.45, 2.75) is 160 Å². The molecule has 4 fully saturated rings. The molecule has 1 heterocycles. The third-order valence-corrected chi connectivity index (χ3v) is 14.6. The van der Waals surface area contributed by atoms with Gasteiger partial charge in [0.2, 0.25) is 17.7 Å². The molecule has 1 aliphatic heterocycles. The van der Waals surface area contributed by atoms with Crippen LogP contribution < -0.4 is 21.3 Å². The summed E-state index contributed by atoms with van der Waals surface area (Å²) in [4.78, 5) is 77.5. The molecule has 1 saturated heterocycles. The number of fused-ring (bicyclic) bond motifs is 7. The minimum Gasteiger partial charge on any atom is -0.393 e. The van der Waals surface area contributed by atoms with E-state index in [0.717, 1.165) is 56.9 Å². The molecule has 2 unspecified atom stereocenters. The second-order valence-corrected chi connectivity index (χ2v) is 18.9. The van der Waals surface area contributed by atoms with Crippen LogP contribution in [0, 0.1) is 28.6 Å². The van der Waals surface area contributed by atoms with Crippen molar-refractivity contribution in [2.24, 2.45) is 28.6 Å². The monoisotopic (exact) mass is 852 g/mol. The van der Waals surface area contributed by atoms with E-state index in [1.54, 1.807) is 19.1 Å². The number of hydrogen-bond acceptors (Lipinski definition) is 12. The number of Topliss-reactive ketones (excluding diaryl/α,β-unsaturated/α-hetero) is 1. The van der Waals surface area contributed by atoms with Gasteiger partial charge in [-0.3, -0.25) is 24.0 Å². The van der Waals surface area contributed by atoms with Crippen LogP contribution in [0.3, 0.4) is 0 Å². The maximum absolute atomic E-state index is 14.5. The SMILES string of the molecule is CCCC1O[C@@H]2C[C@H]3[C@@H]4CCC5=CC(=O)C=C[C@]5(C)[C@H]4[C@@H](O)C[C@]3(C)[C@]2(C(=O)COCNC(=O)[C@H](C)NC[C@](C)(C=O)NC(=O)[C@H](C)NC(=O)COC2/C=C\CCCCC2)O1. The van der Waals surface area contributed by atoms with Crippen LogP contribution in [0.1, 0.15) is 112 Å². The Morgan fingerprint density at radius 2 is 1.87 bits per heavy atom. The molecule has 6 rings (SSSR count). The number of carbonyl (C=O) groups excluding carboxylic acids is 6. The Bertz CT molecular complexity index is 1770. The number of allylic oxidation sites excluding steroid dienone is 5. The van der Waals surface area contributed by atoms with Crippen molar-refractivity contribution >= 4 is 35.6 Å². The van der Waals surface area contributed by atoms with Gasteiger partial charge in [-0.05, 0) is 96.1 Å². The standard InChI is InChI=1S/C46H68N4O11/c1-7-13-39-60-37-21-34-33-17-16-30-20-31(52)18-19-44(30,5)40(33)35(53)22-45(34,6)46(37,61-39)36(54)23-58-27-48-41(56)28(2)47-25-43(4,26-51)50-42(57)29(3)49-38(55)24-59-32-14-11-9-8-10-12-15-32/h11,14,18-20,26,28-29,32-35,37,39-40,47,53H,7-10,12-13,15-17,21-25,27H2,1-6H3,(H,48,56)(H,49,55)(H,50,57)/b14-11-/t28-,29-,32?,33-,34-,35-,37+,39?,40+,43+,44-,45-,46+/m0/s1. The van der Waals surface area contributed by atoms with Gasteiger partial charge >= 0.3 is 0 Å². The summed E-state index contributed by atoms with van der Waals surface area (Å²) in [5.41, 5.74) is -2.89. The van der Waals surface area contributed by atoms with Crippen LogP contribution in [0.2, 0.25) is 0 Å². The molecule has 6 aliphatic rings. The highest BCUT2D eigenvalue weighted by molar-refractivity contribution is 6.01. The Morgan fingerprint density at radius 1 is 1.08 bits per heavy atom. The first-order chi connectivity index (χ1) is 29.0. The molecule has 3 saturated carbocycles. The van der Waals surface area contributed by atoms with Crippen molar-refractivity contribution in [2.75, 3.05) is 26.5 Å². The molecule has 15 heteroatoms. The Balaban J connectivity index is 0.989. The average molecular weight is 853 g/mol. The molecule has 0 aromatic rings. The first-order valence-electron chi connectivity index (χ1n) is 22.4. The molecule has 0 radical (unpaired) electrons. The first-order valence-corrected chi connectivity index (χ1v) is 22.4. The maximum Gasteiger partial charge on any atom is 0.246 e. The molecule has 15 nitrogen and oxygen atoms in total. The summed E-state index contributed by atoms with van der Waals surface area (Å²) in [6.07, 6.45) is 16.9. The predicted octanol–water partition coefficient (Wildman–Crippen LogP) is 3.28. The summed E-state index contributed by atoms with van der Waals surface area (Å²) in [5.74, 6) is -1.81. The van der Waals surface area contributed by atoms with Crippen molar-refractivity contribution in [3.05, 3.63) is 36.0 Å². The molecule has 3 amide bonds. The zero-order valence-electron chi connectivity index (χ0n) is 36.8. The number of amides is 3. The van der Waals surface area contributed by atoms with Gasteiger partial charge < -0.3 is 50.1 Å². The number of rotatable bonds is 18. The number of aliphatic hydroxyl groups excluding tert-OH is 1. The van der Waals surface area contributed by atoms with Crippen LogP contribution in [0.15, 0.2) is 36.0 Å². The van der Waals surface area contributed by atoms with Gasteiger partial charge in [-0.25, -0.2) is 0 Å². The van der Waals surface area contributed by atoms with Crippen molar-refractivity contribution in [3.8, 4) is 0 Å². The van der Waals surface area contributed by atoms with Gasteiger partial charge in [-0.2, -0.15) is 0 Å². The molecule has 0 aromatic heterocycles. The van der Waals surface area contributed by atoms with E-state index in [1.807, 2.05) is 19.1 Å². The van der Waals surface area contributed by atoms with Gasteiger partial charge in [0, 0.05) is 23.3 Å². The first kappa shape index (κ1) is 46.9. The van der Waals surface area contributed by atoms with Crippen molar-refractivity contribution in [3.63, 3.8) is 0 Å². The van der Waals surface area contributed by atoms with E-state index < -0.39 is 70.3 Å². The molecular formula is C46H68N4O11. The zero-order valence-corrected chi connectivity index (χ0v) is 36.8. The van der Waals surface area contributed by atoms with Gasteiger partial charge in [-0.15, -0.1) is 0 Å². The highest BCUT2D eigenvalue weighted by Gasteiger charge is 2.75. The Kier molecular flexibility index (Phi) is 14.9. The van der Waals surface area contributed by atoms with Gasteiger partial charge in [-0.1, -0.05) is 63.8 Å². The number of nitrogens with one attached hydrogen (secondary N) is 4. The van der Waals surface area contributed by atoms with Crippen LogP contribution in [-0.2, 0) is 47.7 Å². The largest absolute Gasteiger partial charge is 0.393 e. The molecule has 13 atom stereocenters. The van der Waals surface area contributed by atoms with E-state index in [-0.39, 0.29) is 61.9 Å². The lowest BCUT2D eigenvalue weighted by atomic mass is 9.46. The van der Waals surface area contributed by atoms with E-state index in [1.165, 1.54) is 13.8 Å². The fourth-order valence-electron chi connectivity index (χ4n) is 11.3. The van der Waals surface area contributed by atoms with Crippen LogP contribution in [0.4, 0.5) is 0 Å². The van der Waals surface area contributed by atoms with Crippen molar-refractivity contribution in [1.29, 1.82) is 0 Å². The van der Waals surface area contributed by atoms with Crippen LogP contribution >= 0.6 is 0 Å². The Labute approximate surface area is 359 Å². The summed E-state index contributed by atoms with van der Waals surface area (Å²) >= 11 is 0.